The van der Waals surface area contributed by atoms with E-state index in [0.29, 0.717) is 18.2 Å². The van der Waals surface area contributed by atoms with Gasteiger partial charge in [0.05, 0.1) is 5.69 Å². The molecule has 0 saturated heterocycles. The number of nitrogens with one attached hydrogen (secondary N) is 2. The maximum atomic E-state index is 11.9. The minimum atomic E-state index is -0.261. The summed E-state index contributed by atoms with van der Waals surface area (Å²) >= 11 is 0. The summed E-state index contributed by atoms with van der Waals surface area (Å²) in [5.74, 6) is 0.976. The molecule has 0 unspecified atom stereocenters. The number of carbonyl (C=O) groups is 1. The number of fused-ring (bicyclic) bond motifs is 1. The zero-order chi connectivity index (χ0) is 20.1. The van der Waals surface area contributed by atoms with Crippen LogP contribution in [0.3, 0.4) is 0 Å². The molecule has 1 amide bonds. The Hall–Kier alpha value is -2.44. The van der Waals surface area contributed by atoms with Crippen LogP contribution >= 0.6 is 0 Å². The van der Waals surface area contributed by atoms with Gasteiger partial charge in [0, 0.05) is 25.6 Å². The van der Waals surface area contributed by atoms with Crippen LogP contribution in [0.2, 0.25) is 0 Å². The minimum absolute atomic E-state index is 0. The molecule has 0 spiro atoms. The Morgan fingerprint density at radius 2 is 2.07 bits per heavy atom. The van der Waals surface area contributed by atoms with Gasteiger partial charge in [-0.2, -0.15) is 29.4 Å². The molecule has 8 nitrogen and oxygen atoms in total. The molecule has 0 aliphatic carbocycles. The van der Waals surface area contributed by atoms with Crippen LogP contribution in [0.25, 0.3) is 0 Å². The van der Waals surface area contributed by atoms with Gasteiger partial charge >= 0.3 is 31.1 Å². The minimum Gasteiger partial charge on any atom is -0.581 e. The van der Waals surface area contributed by atoms with Gasteiger partial charge in [0.1, 0.15) is 11.7 Å². The summed E-state index contributed by atoms with van der Waals surface area (Å²) < 4.78 is 11.9. The van der Waals surface area contributed by atoms with Gasteiger partial charge in [0.25, 0.3) is 0 Å². The Balaban J connectivity index is 0.000000319. The molecule has 0 fully saturated rings. The van der Waals surface area contributed by atoms with Crippen molar-refractivity contribution >= 4 is 23.4 Å². The summed E-state index contributed by atoms with van der Waals surface area (Å²) in [6.45, 7) is 4.24. The molecule has 3 aromatic rings. The summed E-state index contributed by atoms with van der Waals surface area (Å²) in [7, 11) is 1.85. The third-order valence-corrected chi connectivity index (χ3v) is 4.26. The van der Waals surface area contributed by atoms with Crippen molar-refractivity contribution in [2.45, 2.75) is 26.4 Å². The number of aryl methyl sites for hydroxylation is 1. The predicted octanol–water partition coefficient (Wildman–Crippen LogP) is 2.15. The molecule has 1 aromatic carbocycles. The second-order valence-electron chi connectivity index (χ2n) is 6.24. The Morgan fingerprint density at radius 1 is 1.34 bits per heavy atom. The number of carbonyl (C=O) groups excluding carboxylic acids is 1. The van der Waals surface area contributed by atoms with Crippen molar-refractivity contribution in [1.29, 1.82) is 0 Å². The Morgan fingerprint density at radius 3 is 2.66 bits per heavy atom. The summed E-state index contributed by atoms with van der Waals surface area (Å²) in [5, 5.41) is 13.5. The molecule has 4 rings (SSSR count). The number of hydrogen-bond acceptors (Lipinski definition) is 6. The number of hydrogen-bond donors (Lipinski definition) is 2. The smallest absolute Gasteiger partial charge is 0.581 e. The maximum absolute atomic E-state index is 11.9. The number of rotatable bonds is 3. The van der Waals surface area contributed by atoms with Crippen LogP contribution in [0, 0.1) is 49.9 Å². The molecule has 1 aliphatic heterocycles. The number of aromatic nitrogens is 4. The molecule has 0 radical (unpaired) electrons. The summed E-state index contributed by atoms with van der Waals surface area (Å²) in [5.41, 5.74) is 2.36. The van der Waals surface area contributed by atoms with Gasteiger partial charge in [-0.15, -0.1) is 12.1 Å². The van der Waals surface area contributed by atoms with Gasteiger partial charge in [-0.3, -0.25) is 4.79 Å². The number of likely N-dealkylation sites (N-methyl/N-ethyl adjacent to an activating group) is 1. The largest absolute Gasteiger partial charge is 2.00 e. The summed E-state index contributed by atoms with van der Waals surface area (Å²) in [6, 6.07) is 8.23. The fourth-order valence-electron chi connectivity index (χ4n) is 2.51. The van der Waals surface area contributed by atoms with E-state index in [9.17, 15) is 9.18 Å². The molecular weight excluding hydrogens is 599 g/mol. The standard InChI is InChI=1S/C13H17N7O.C6H4F.U/c1-7-10-11(20(3)8(2)12(21)18-10)19-13(17-7)14-4-9-5-15-16-6-9;7-6-4-2-1-3-5-6;/h5-6,8H,4H2,1-3H3,(H3,14,15,16,17,18,19,21);2-5H;/q;-1;+2/p-1/t8-;;/m0../s1. The van der Waals surface area contributed by atoms with Crippen molar-refractivity contribution in [2.75, 3.05) is 22.6 Å². The Labute approximate surface area is 192 Å². The number of benzene rings is 1. The van der Waals surface area contributed by atoms with Crippen LogP contribution in [-0.4, -0.2) is 34.1 Å². The summed E-state index contributed by atoms with van der Waals surface area (Å²) in [6.07, 6.45) is 3.37. The van der Waals surface area contributed by atoms with Gasteiger partial charge in [-0.25, -0.2) is 9.37 Å². The van der Waals surface area contributed by atoms with E-state index in [4.69, 9.17) is 0 Å². The van der Waals surface area contributed by atoms with E-state index in [1.165, 1.54) is 24.3 Å². The SMILES string of the molecule is Cc1nc(NCc2cn[n-]c2)nc2c1NC(=O)[C@H](C)N2C.Fc1cc[c-]cc1.[U+2]. The average Bonchev–Trinajstić information content (AvgIpc) is 3.20. The molecule has 1 aliphatic rings. The molecule has 3 heterocycles. The molecule has 2 N–H and O–H groups in total. The second kappa shape index (κ2) is 10.4. The molecule has 29 heavy (non-hydrogen) atoms. The number of nitrogens with zero attached hydrogens (tertiary/aromatic N) is 5. The molecule has 1 atom stereocenters. The van der Waals surface area contributed by atoms with E-state index in [-0.39, 0.29) is 48.9 Å². The zero-order valence-corrected chi connectivity index (χ0v) is 20.4. The molecule has 2 aromatic heterocycles. The van der Waals surface area contributed by atoms with Crippen LogP contribution in [-0.2, 0) is 11.3 Å². The van der Waals surface area contributed by atoms with Gasteiger partial charge < -0.3 is 25.7 Å². The van der Waals surface area contributed by atoms with Gasteiger partial charge in [-0.05, 0) is 19.4 Å². The van der Waals surface area contributed by atoms with Crippen LogP contribution in [0.4, 0.5) is 21.8 Å². The Bertz CT molecular complexity index is 937. The summed E-state index contributed by atoms with van der Waals surface area (Å²) in [4.78, 5) is 22.6. The third-order valence-electron chi connectivity index (χ3n) is 4.26. The van der Waals surface area contributed by atoms with Crippen molar-refractivity contribution < 1.29 is 40.3 Å². The molecule has 10 heteroatoms. The first-order valence-corrected chi connectivity index (χ1v) is 8.65. The van der Waals surface area contributed by atoms with Crippen LogP contribution in [0.1, 0.15) is 18.2 Å². The first-order chi connectivity index (χ1) is 13.5. The monoisotopic (exact) mass is 619 g/mol. The van der Waals surface area contributed by atoms with Crippen LogP contribution < -0.4 is 20.6 Å². The van der Waals surface area contributed by atoms with E-state index in [1.54, 1.807) is 12.4 Å². The fourth-order valence-corrected chi connectivity index (χ4v) is 2.51. The molecular formula is C19H20FN7OU. The Kier molecular flexibility index (Phi) is 8.17. The van der Waals surface area contributed by atoms with Crippen molar-refractivity contribution in [3.8, 4) is 0 Å². The van der Waals surface area contributed by atoms with Crippen LogP contribution in [0.15, 0.2) is 36.7 Å². The van der Waals surface area contributed by atoms with E-state index in [0.717, 1.165) is 17.1 Å². The number of amides is 1. The third kappa shape index (κ3) is 5.78. The zero-order valence-electron chi connectivity index (χ0n) is 16.3. The quantitative estimate of drug-likeness (QED) is 0.434. The topological polar surface area (TPSA) is 97.1 Å². The van der Waals surface area contributed by atoms with Crippen molar-refractivity contribution in [1.82, 2.24) is 20.2 Å². The first kappa shape index (κ1) is 22.8. The van der Waals surface area contributed by atoms with E-state index >= 15 is 0 Å². The second-order valence-corrected chi connectivity index (χ2v) is 6.24. The molecule has 0 bridgehead atoms. The number of anilines is 3. The van der Waals surface area contributed by atoms with Gasteiger partial charge in [-0.1, -0.05) is 0 Å². The van der Waals surface area contributed by atoms with E-state index in [1.807, 2.05) is 25.8 Å². The maximum Gasteiger partial charge on any atom is 2.00 e. The first-order valence-electron chi connectivity index (χ1n) is 8.65. The average molecular weight is 619 g/mol. The predicted molar refractivity (Wildman–Crippen MR) is 103 cm³/mol. The molecule has 0 saturated carbocycles. The van der Waals surface area contributed by atoms with Crippen molar-refractivity contribution in [2.24, 2.45) is 0 Å². The van der Waals surface area contributed by atoms with E-state index in [2.05, 4.69) is 36.9 Å². The fraction of sp³-hybridized carbons (Fsp3) is 0.263. The normalized spacial score (nSPS) is 14.7. The van der Waals surface area contributed by atoms with Crippen molar-refractivity contribution in [3.63, 3.8) is 0 Å². The van der Waals surface area contributed by atoms with E-state index < -0.39 is 0 Å². The number of halogens is 1. The van der Waals surface area contributed by atoms with Crippen LogP contribution in [0.5, 0.6) is 0 Å². The van der Waals surface area contributed by atoms with Crippen molar-refractivity contribution in [3.05, 3.63) is 59.8 Å². The van der Waals surface area contributed by atoms with Gasteiger partial charge in [0.15, 0.2) is 5.82 Å². The van der Waals surface area contributed by atoms with Gasteiger partial charge in [0.2, 0.25) is 11.9 Å². The molecule has 148 valence electrons.